The number of fused-ring (bicyclic) bond motifs is 4. The summed E-state index contributed by atoms with van der Waals surface area (Å²) in [5.74, 6) is 1.55. The minimum absolute atomic E-state index is 0.0331. The molecule has 4 aliphatic rings. The van der Waals surface area contributed by atoms with Crippen LogP contribution in [0.5, 0.6) is 17.2 Å². The summed E-state index contributed by atoms with van der Waals surface area (Å²) in [5.41, 5.74) is 1.05. The van der Waals surface area contributed by atoms with Crippen LogP contribution in [0.2, 0.25) is 0 Å². The number of amides is 2. The Labute approximate surface area is 258 Å². The van der Waals surface area contributed by atoms with Gasteiger partial charge in [0.25, 0.3) is 5.91 Å². The first-order chi connectivity index (χ1) is 21.5. The molecule has 1 aromatic heterocycles. The van der Waals surface area contributed by atoms with Gasteiger partial charge < -0.3 is 25.0 Å². The molecule has 12 heteroatoms. The van der Waals surface area contributed by atoms with Crippen molar-refractivity contribution in [3.05, 3.63) is 76.5 Å². The van der Waals surface area contributed by atoms with E-state index >= 15 is 0 Å². The predicted octanol–water partition coefficient (Wildman–Crippen LogP) is 4.96. The van der Waals surface area contributed by atoms with E-state index in [0.29, 0.717) is 41.9 Å². The van der Waals surface area contributed by atoms with Gasteiger partial charge >= 0.3 is 6.18 Å². The lowest BCUT2D eigenvalue weighted by Gasteiger charge is -2.35. The highest BCUT2D eigenvalue weighted by Gasteiger charge is 2.59. The van der Waals surface area contributed by atoms with Gasteiger partial charge in [-0.1, -0.05) is 6.07 Å². The Kier molecular flexibility index (Phi) is 7.44. The van der Waals surface area contributed by atoms with Crippen LogP contribution in [-0.2, 0) is 23.9 Å². The normalized spacial score (nSPS) is 22.6. The lowest BCUT2D eigenvalue weighted by atomic mass is 9.99. The summed E-state index contributed by atoms with van der Waals surface area (Å²) in [6.07, 6.45) is -0.628. The van der Waals surface area contributed by atoms with Gasteiger partial charge in [0.15, 0.2) is 0 Å². The number of benzene rings is 2. The maximum atomic E-state index is 14.1. The average molecular weight is 622 g/mol. The molecule has 0 bridgehead atoms. The Balaban J connectivity index is 1.02. The van der Waals surface area contributed by atoms with Gasteiger partial charge in [-0.15, -0.1) is 0 Å². The van der Waals surface area contributed by atoms with Crippen molar-refractivity contribution in [2.75, 3.05) is 32.5 Å². The summed E-state index contributed by atoms with van der Waals surface area (Å²) in [4.78, 5) is 33.4. The number of anilines is 1. The first kappa shape index (κ1) is 29.5. The van der Waals surface area contributed by atoms with E-state index in [-0.39, 0.29) is 41.6 Å². The number of alkyl halides is 3. The molecule has 45 heavy (non-hydrogen) atoms. The zero-order valence-corrected chi connectivity index (χ0v) is 25.0. The Morgan fingerprint density at radius 1 is 1.13 bits per heavy atom. The highest BCUT2D eigenvalue weighted by atomic mass is 19.4. The number of nitrogens with zero attached hydrogens (tertiary/aromatic N) is 3. The molecule has 3 unspecified atom stereocenters. The van der Waals surface area contributed by atoms with E-state index in [2.05, 4.69) is 20.5 Å². The lowest BCUT2D eigenvalue weighted by molar-refractivity contribution is -0.138. The van der Waals surface area contributed by atoms with E-state index in [0.717, 1.165) is 43.1 Å². The first-order valence-electron chi connectivity index (χ1n) is 15.2. The number of pyridine rings is 1. The number of carbonyl (C=O) groups excluding carboxylic acids is 2. The number of nitrogens with one attached hydrogen (secondary N) is 2. The van der Waals surface area contributed by atoms with E-state index in [9.17, 15) is 22.8 Å². The van der Waals surface area contributed by atoms with Crippen LogP contribution in [0.3, 0.4) is 0 Å². The largest absolute Gasteiger partial charge is 0.487 e. The molecule has 2 amide bonds. The van der Waals surface area contributed by atoms with Gasteiger partial charge in [-0.3, -0.25) is 14.5 Å². The van der Waals surface area contributed by atoms with E-state index < -0.39 is 17.6 Å². The molecule has 7 rings (SSSR count). The fourth-order valence-electron chi connectivity index (χ4n) is 6.75. The minimum Gasteiger partial charge on any atom is -0.487 e. The van der Waals surface area contributed by atoms with Crippen molar-refractivity contribution in [1.29, 1.82) is 0 Å². The van der Waals surface area contributed by atoms with Crippen LogP contribution in [0, 0.1) is 0 Å². The molecule has 1 saturated heterocycles. The standard InChI is InChI=1S/C33H34F3N5O4/c1-40(2)20-10-13-41(14-11-20)17-19-4-3-18(15-24(19)33(34,35)36)32(43)39-29-28-23-16-21(5-7-25(23)45-30(28)29)44-26-9-12-37-31-22(26)6-8-27(42)38-31/h3-5,7,9,12,15-16,20,28-30H,6,8,10-11,13-14,17H2,1-2H3,(H,39,43)(H,37,38,42). The summed E-state index contributed by atoms with van der Waals surface area (Å²) in [6.45, 7) is 1.64. The SMILES string of the molecule is CN(C)C1CCN(Cc2ccc(C(=O)NC3C4Oc5ccc(Oc6ccnc7c6CCC(=O)N7)cc5C34)cc2C(F)(F)F)CC1. The monoisotopic (exact) mass is 621 g/mol. The summed E-state index contributed by atoms with van der Waals surface area (Å²) in [5, 5.41) is 5.65. The van der Waals surface area contributed by atoms with Crippen LogP contribution in [0.1, 0.15) is 57.8 Å². The summed E-state index contributed by atoms with van der Waals surface area (Å²) in [6, 6.07) is 11.1. The quantitative estimate of drug-likeness (QED) is 0.385. The molecule has 0 radical (unpaired) electrons. The van der Waals surface area contributed by atoms with Crippen molar-refractivity contribution in [1.82, 2.24) is 20.1 Å². The van der Waals surface area contributed by atoms with Crippen LogP contribution in [0.4, 0.5) is 19.0 Å². The predicted molar refractivity (Wildman–Crippen MR) is 160 cm³/mol. The van der Waals surface area contributed by atoms with Gasteiger partial charge in [0.05, 0.1) is 17.5 Å². The van der Waals surface area contributed by atoms with Gasteiger partial charge in [0.1, 0.15) is 29.2 Å². The lowest BCUT2D eigenvalue weighted by Crippen LogP contribution is -2.41. The fourth-order valence-corrected chi connectivity index (χ4v) is 6.75. The Bertz CT molecular complexity index is 1650. The number of aromatic nitrogens is 1. The highest BCUT2D eigenvalue weighted by molar-refractivity contribution is 5.95. The molecule has 3 atom stereocenters. The fraction of sp³-hybridized carbons (Fsp3) is 0.424. The summed E-state index contributed by atoms with van der Waals surface area (Å²) >= 11 is 0. The second-order valence-corrected chi connectivity index (χ2v) is 12.4. The van der Waals surface area contributed by atoms with E-state index in [1.807, 2.05) is 31.1 Å². The molecule has 2 fully saturated rings. The van der Waals surface area contributed by atoms with Crippen molar-refractivity contribution in [3.8, 4) is 17.2 Å². The van der Waals surface area contributed by atoms with Gasteiger partial charge in [0, 0.05) is 41.9 Å². The number of piperidine rings is 1. The summed E-state index contributed by atoms with van der Waals surface area (Å²) < 4.78 is 54.6. The molecule has 2 aromatic carbocycles. The molecule has 3 aromatic rings. The molecule has 1 aliphatic carbocycles. The number of hydrogen-bond acceptors (Lipinski definition) is 7. The second-order valence-electron chi connectivity index (χ2n) is 12.4. The Morgan fingerprint density at radius 2 is 1.93 bits per heavy atom. The number of hydrogen-bond donors (Lipinski definition) is 2. The highest BCUT2D eigenvalue weighted by Crippen LogP contribution is 2.54. The third-order valence-electron chi connectivity index (χ3n) is 9.31. The van der Waals surface area contributed by atoms with E-state index in [1.165, 1.54) is 12.1 Å². The van der Waals surface area contributed by atoms with Gasteiger partial charge in [0.2, 0.25) is 5.91 Å². The number of likely N-dealkylation sites (tertiary alicyclic amines) is 1. The Hall–Kier alpha value is -4.16. The van der Waals surface area contributed by atoms with Crippen LogP contribution >= 0.6 is 0 Å². The van der Waals surface area contributed by atoms with Crippen LogP contribution in [0.25, 0.3) is 0 Å². The number of halogens is 3. The van der Waals surface area contributed by atoms with Crippen molar-refractivity contribution >= 4 is 17.6 Å². The zero-order valence-electron chi connectivity index (χ0n) is 25.0. The van der Waals surface area contributed by atoms with E-state index in [4.69, 9.17) is 9.47 Å². The maximum absolute atomic E-state index is 14.1. The third kappa shape index (κ3) is 5.84. The first-order valence-corrected chi connectivity index (χ1v) is 15.2. The second kappa shape index (κ2) is 11.3. The van der Waals surface area contributed by atoms with Crippen LogP contribution < -0.4 is 20.1 Å². The van der Waals surface area contributed by atoms with Crippen molar-refractivity contribution in [3.63, 3.8) is 0 Å². The molecular formula is C33H34F3N5O4. The minimum atomic E-state index is -4.58. The molecule has 1 saturated carbocycles. The molecule has 4 heterocycles. The number of carbonyl (C=O) groups is 2. The molecule has 236 valence electrons. The van der Waals surface area contributed by atoms with Gasteiger partial charge in [-0.25, -0.2) is 4.98 Å². The smallest absolute Gasteiger partial charge is 0.416 e. The zero-order chi connectivity index (χ0) is 31.5. The molecule has 0 spiro atoms. The van der Waals surface area contributed by atoms with Crippen LogP contribution in [0.15, 0.2) is 48.7 Å². The van der Waals surface area contributed by atoms with Crippen molar-refractivity contribution < 1.29 is 32.2 Å². The molecule has 9 nitrogen and oxygen atoms in total. The van der Waals surface area contributed by atoms with Crippen molar-refractivity contribution in [2.24, 2.45) is 0 Å². The van der Waals surface area contributed by atoms with E-state index in [1.54, 1.807) is 18.3 Å². The summed E-state index contributed by atoms with van der Waals surface area (Å²) in [7, 11) is 4.05. The molecular weight excluding hydrogens is 587 g/mol. The van der Waals surface area contributed by atoms with Crippen molar-refractivity contribution in [2.45, 2.75) is 62.5 Å². The number of ether oxygens (including phenoxy) is 2. The van der Waals surface area contributed by atoms with Gasteiger partial charge in [-0.05, 0) is 88.4 Å². The number of rotatable bonds is 7. The third-order valence-corrected chi connectivity index (χ3v) is 9.31. The average Bonchev–Trinajstić information content (AvgIpc) is 3.52. The topological polar surface area (TPSA) is 96.0 Å². The maximum Gasteiger partial charge on any atom is 0.416 e. The molecule has 2 N–H and O–H groups in total. The van der Waals surface area contributed by atoms with Gasteiger partial charge in [-0.2, -0.15) is 13.2 Å². The molecule has 3 aliphatic heterocycles. The van der Waals surface area contributed by atoms with Crippen LogP contribution in [-0.4, -0.2) is 72.0 Å². The Morgan fingerprint density at radius 3 is 2.69 bits per heavy atom.